The van der Waals surface area contributed by atoms with Crippen LogP contribution in [0, 0.1) is 12.8 Å². The van der Waals surface area contributed by atoms with Crippen molar-refractivity contribution in [2.45, 2.75) is 25.8 Å². The maximum absolute atomic E-state index is 12.4. The first kappa shape index (κ1) is 14.5. The van der Waals surface area contributed by atoms with Crippen LogP contribution in [-0.2, 0) is 0 Å². The highest BCUT2D eigenvalue weighted by Gasteiger charge is 2.33. The molecule has 1 aromatic carbocycles. The molecule has 5 nitrogen and oxygen atoms in total. The van der Waals surface area contributed by atoms with Gasteiger partial charge in [0.25, 0.3) is 5.89 Å². The van der Waals surface area contributed by atoms with Gasteiger partial charge in [-0.3, -0.25) is 4.79 Å². The number of oxazole rings is 1. The van der Waals surface area contributed by atoms with E-state index in [0.717, 1.165) is 36.6 Å². The molecule has 3 heterocycles. The molecule has 5 heteroatoms. The standard InChI is InChI=1S/C18H21N3O2/c1-12-3-2-4-14(7-12)16-9-19-18(23-16)17(22)20-15-8-13-5-6-21(10-13)11-15/h2-4,7,9,13,15H,5-6,8,10-11H2,1H3,(H,20,22). The largest absolute Gasteiger partial charge is 0.432 e. The molecule has 2 fully saturated rings. The lowest BCUT2D eigenvalue weighted by molar-refractivity contribution is 0.0875. The number of nitrogens with one attached hydrogen (secondary N) is 1. The smallest absolute Gasteiger partial charge is 0.307 e. The third kappa shape index (κ3) is 3.01. The van der Waals surface area contributed by atoms with Crippen LogP contribution in [0.2, 0.25) is 0 Å². The van der Waals surface area contributed by atoms with Gasteiger partial charge in [-0.15, -0.1) is 0 Å². The van der Waals surface area contributed by atoms with E-state index in [-0.39, 0.29) is 17.8 Å². The summed E-state index contributed by atoms with van der Waals surface area (Å²) in [5.41, 5.74) is 2.09. The van der Waals surface area contributed by atoms with Crippen molar-refractivity contribution in [1.82, 2.24) is 15.2 Å². The molecule has 3 atom stereocenters. The first-order valence-corrected chi connectivity index (χ1v) is 8.23. The van der Waals surface area contributed by atoms with Crippen LogP contribution in [0.15, 0.2) is 34.9 Å². The van der Waals surface area contributed by atoms with Crippen molar-refractivity contribution >= 4 is 5.91 Å². The molecular formula is C18H21N3O2. The molecule has 0 aliphatic carbocycles. The van der Waals surface area contributed by atoms with Gasteiger partial charge in [0.1, 0.15) is 0 Å². The molecule has 1 aromatic heterocycles. The zero-order valence-corrected chi connectivity index (χ0v) is 13.3. The molecular weight excluding hydrogens is 290 g/mol. The maximum Gasteiger partial charge on any atom is 0.307 e. The zero-order valence-electron chi connectivity index (χ0n) is 13.3. The van der Waals surface area contributed by atoms with E-state index in [2.05, 4.69) is 15.2 Å². The van der Waals surface area contributed by atoms with Gasteiger partial charge < -0.3 is 14.6 Å². The number of aromatic nitrogens is 1. The number of aryl methyl sites for hydroxylation is 1. The zero-order chi connectivity index (χ0) is 15.8. The molecule has 0 radical (unpaired) electrons. The summed E-state index contributed by atoms with van der Waals surface area (Å²) in [6.45, 7) is 5.31. The van der Waals surface area contributed by atoms with Gasteiger partial charge in [0.15, 0.2) is 5.76 Å². The third-order valence-corrected chi connectivity index (χ3v) is 4.80. The molecule has 1 N–H and O–H groups in total. The van der Waals surface area contributed by atoms with E-state index in [9.17, 15) is 4.79 Å². The minimum Gasteiger partial charge on any atom is -0.432 e. The van der Waals surface area contributed by atoms with Crippen LogP contribution >= 0.6 is 0 Å². The summed E-state index contributed by atoms with van der Waals surface area (Å²) in [5, 5.41) is 3.08. The van der Waals surface area contributed by atoms with Crippen molar-refractivity contribution in [3.8, 4) is 11.3 Å². The van der Waals surface area contributed by atoms with Crippen LogP contribution in [0.3, 0.4) is 0 Å². The molecule has 2 aliphatic rings. The Morgan fingerprint density at radius 3 is 3.13 bits per heavy atom. The fourth-order valence-electron chi connectivity index (χ4n) is 3.72. The van der Waals surface area contributed by atoms with E-state index in [1.807, 2.05) is 31.2 Å². The Kier molecular flexibility index (Phi) is 3.65. The fraction of sp³-hybridized carbons (Fsp3) is 0.444. The minimum absolute atomic E-state index is 0.148. The van der Waals surface area contributed by atoms with Gasteiger partial charge in [0, 0.05) is 24.7 Å². The van der Waals surface area contributed by atoms with E-state index in [4.69, 9.17) is 4.42 Å². The third-order valence-electron chi connectivity index (χ3n) is 4.80. The van der Waals surface area contributed by atoms with E-state index in [1.54, 1.807) is 6.20 Å². The predicted molar refractivity (Wildman–Crippen MR) is 87.1 cm³/mol. The molecule has 2 bridgehead atoms. The first-order chi connectivity index (χ1) is 11.2. The van der Waals surface area contributed by atoms with Crippen molar-refractivity contribution in [2.24, 2.45) is 5.92 Å². The van der Waals surface area contributed by atoms with Gasteiger partial charge in [-0.05, 0) is 38.3 Å². The van der Waals surface area contributed by atoms with Crippen LogP contribution in [-0.4, -0.2) is 41.5 Å². The first-order valence-electron chi connectivity index (χ1n) is 8.23. The second-order valence-electron chi connectivity index (χ2n) is 6.72. The number of nitrogens with zero attached hydrogens (tertiary/aromatic N) is 2. The molecule has 0 spiro atoms. The molecule has 0 saturated carbocycles. The fourth-order valence-corrected chi connectivity index (χ4v) is 3.72. The van der Waals surface area contributed by atoms with E-state index in [0.29, 0.717) is 5.76 Å². The summed E-state index contributed by atoms with van der Waals surface area (Å²) in [4.78, 5) is 18.9. The summed E-state index contributed by atoms with van der Waals surface area (Å²) in [7, 11) is 0. The summed E-state index contributed by atoms with van der Waals surface area (Å²) in [6, 6.07) is 8.19. The van der Waals surface area contributed by atoms with Gasteiger partial charge in [-0.1, -0.05) is 23.8 Å². The lowest BCUT2D eigenvalue weighted by Gasteiger charge is -2.30. The van der Waals surface area contributed by atoms with Crippen molar-refractivity contribution in [2.75, 3.05) is 19.6 Å². The quantitative estimate of drug-likeness (QED) is 0.946. The van der Waals surface area contributed by atoms with Crippen LogP contribution in [0.1, 0.15) is 29.1 Å². The summed E-state index contributed by atoms with van der Waals surface area (Å²) in [6.07, 6.45) is 3.94. The van der Waals surface area contributed by atoms with Gasteiger partial charge in [0.2, 0.25) is 0 Å². The van der Waals surface area contributed by atoms with Gasteiger partial charge in [0.05, 0.1) is 6.20 Å². The molecule has 23 heavy (non-hydrogen) atoms. The van der Waals surface area contributed by atoms with Crippen LogP contribution < -0.4 is 5.32 Å². The van der Waals surface area contributed by atoms with E-state index in [1.165, 1.54) is 13.0 Å². The number of rotatable bonds is 3. The molecule has 2 aromatic rings. The van der Waals surface area contributed by atoms with Crippen LogP contribution in [0.5, 0.6) is 0 Å². The van der Waals surface area contributed by atoms with Crippen molar-refractivity contribution in [3.05, 3.63) is 41.9 Å². The number of carbonyl (C=O) groups excluding carboxylic acids is 1. The topological polar surface area (TPSA) is 58.4 Å². The second kappa shape index (κ2) is 5.81. The SMILES string of the molecule is Cc1cccc(-c2cnc(C(=O)NC3CC4CCN(C4)C3)o2)c1. The summed E-state index contributed by atoms with van der Waals surface area (Å²) >= 11 is 0. The molecule has 3 unspecified atom stereocenters. The van der Waals surface area contributed by atoms with E-state index >= 15 is 0 Å². The Labute approximate surface area is 135 Å². The van der Waals surface area contributed by atoms with Crippen molar-refractivity contribution in [3.63, 3.8) is 0 Å². The Hall–Kier alpha value is -2.14. The maximum atomic E-state index is 12.4. The second-order valence-corrected chi connectivity index (χ2v) is 6.72. The Morgan fingerprint density at radius 1 is 1.39 bits per heavy atom. The van der Waals surface area contributed by atoms with Crippen LogP contribution in [0.25, 0.3) is 11.3 Å². The Bertz CT molecular complexity index is 713. The molecule has 120 valence electrons. The lowest BCUT2D eigenvalue weighted by atomic mass is 9.97. The number of hydrogen-bond acceptors (Lipinski definition) is 4. The van der Waals surface area contributed by atoms with Crippen LogP contribution in [0.4, 0.5) is 0 Å². The average molecular weight is 311 g/mol. The lowest BCUT2D eigenvalue weighted by Crippen LogP contribution is -2.47. The number of hydrogen-bond donors (Lipinski definition) is 1. The monoisotopic (exact) mass is 311 g/mol. The van der Waals surface area contributed by atoms with Crippen molar-refractivity contribution < 1.29 is 9.21 Å². The molecule has 4 rings (SSSR count). The highest BCUT2D eigenvalue weighted by molar-refractivity contribution is 5.90. The average Bonchev–Trinajstić information content (AvgIpc) is 3.14. The van der Waals surface area contributed by atoms with Crippen molar-refractivity contribution in [1.29, 1.82) is 0 Å². The highest BCUT2D eigenvalue weighted by Crippen LogP contribution is 2.27. The number of carbonyl (C=O) groups is 1. The molecule has 2 aliphatic heterocycles. The normalized spacial score (nSPS) is 26.2. The number of benzene rings is 1. The minimum atomic E-state index is -0.212. The van der Waals surface area contributed by atoms with Gasteiger partial charge in [-0.2, -0.15) is 0 Å². The number of fused-ring (bicyclic) bond motifs is 2. The molecule has 2 saturated heterocycles. The Balaban J connectivity index is 1.45. The molecule has 1 amide bonds. The number of piperidine rings is 1. The number of amides is 1. The van der Waals surface area contributed by atoms with Gasteiger partial charge in [-0.25, -0.2) is 4.98 Å². The Morgan fingerprint density at radius 2 is 2.30 bits per heavy atom. The van der Waals surface area contributed by atoms with Gasteiger partial charge >= 0.3 is 5.91 Å². The highest BCUT2D eigenvalue weighted by atomic mass is 16.4. The van der Waals surface area contributed by atoms with E-state index < -0.39 is 0 Å². The predicted octanol–water partition coefficient (Wildman–Crippen LogP) is 2.47. The summed E-state index contributed by atoms with van der Waals surface area (Å²) < 4.78 is 5.66. The summed E-state index contributed by atoms with van der Waals surface area (Å²) in [5.74, 6) is 1.29.